The lowest BCUT2D eigenvalue weighted by Gasteiger charge is -2.16. The molecule has 1 aliphatic heterocycles. The van der Waals surface area contributed by atoms with Gasteiger partial charge in [0.25, 0.3) is 0 Å². The summed E-state index contributed by atoms with van der Waals surface area (Å²) in [4.78, 5) is 36.0. The Balaban J connectivity index is 1.06. The lowest BCUT2D eigenvalue weighted by molar-refractivity contribution is -0.119. The largest absolute Gasteiger partial charge is 0.491 e. The molecule has 252 valence electrons. The first kappa shape index (κ1) is 34.1. The van der Waals surface area contributed by atoms with E-state index in [0.29, 0.717) is 60.4 Å². The van der Waals surface area contributed by atoms with Crippen molar-refractivity contribution < 1.29 is 23.5 Å². The van der Waals surface area contributed by atoms with Crippen LogP contribution >= 0.6 is 0 Å². The number of hydrogen-bond acceptors (Lipinski definition) is 10. The van der Waals surface area contributed by atoms with E-state index in [1.165, 1.54) is 0 Å². The van der Waals surface area contributed by atoms with Gasteiger partial charge in [-0.25, -0.2) is 9.37 Å². The van der Waals surface area contributed by atoms with Gasteiger partial charge in [0.1, 0.15) is 12.4 Å². The third kappa shape index (κ3) is 10.1. The van der Waals surface area contributed by atoms with Crippen molar-refractivity contribution in [2.45, 2.75) is 25.7 Å². The highest BCUT2D eigenvalue weighted by atomic mass is 19.1. The number of hydrogen-bond donors (Lipinski definition) is 5. The van der Waals surface area contributed by atoms with E-state index in [1.54, 1.807) is 55.6 Å². The third-order valence-electron chi connectivity index (χ3n) is 7.81. The fourth-order valence-corrected chi connectivity index (χ4v) is 5.27. The number of rotatable bonds is 16. The molecule has 1 saturated heterocycles. The van der Waals surface area contributed by atoms with Crippen LogP contribution in [0.5, 0.6) is 5.75 Å². The van der Waals surface area contributed by atoms with Crippen LogP contribution in [-0.2, 0) is 14.3 Å². The van der Waals surface area contributed by atoms with Crippen molar-refractivity contribution in [1.82, 2.24) is 14.9 Å². The second-order valence-electron chi connectivity index (χ2n) is 11.5. The second kappa shape index (κ2) is 17.0. The molecule has 13 heteroatoms. The molecular formula is C35H41FN8O4. The van der Waals surface area contributed by atoms with E-state index in [4.69, 9.17) is 15.2 Å². The molecule has 0 radical (unpaired) electrons. The van der Waals surface area contributed by atoms with Gasteiger partial charge in [0.2, 0.25) is 17.8 Å². The first-order valence-corrected chi connectivity index (χ1v) is 15.9. The molecule has 2 heterocycles. The van der Waals surface area contributed by atoms with Crippen molar-refractivity contribution in [2.24, 2.45) is 5.92 Å². The molecule has 0 aliphatic carbocycles. The Morgan fingerprint density at radius 2 is 1.77 bits per heavy atom. The highest BCUT2D eigenvalue weighted by Crippen LogP contribution is 2.25. The summed E-state index contributed by atoms with van der Waals surface area (Å²) in [6, 6.07) is 21.5. The number of anilines is 7. The summed E-state index contributed by atoms with van der Waals surface area (Å²) in [6.07, 6.45) is 3.85. The Bertz CT molecular complexity index is 1670. The van der Waals surface area contributed by atoms with Crippen molar-refractivity contribution in [3.63, 3.8) is 0 Å². The second-order valence-corrected chi connectivity index (χ2v) is 11.5. The molecule has 1 aliphatic rings. The van der Waals surface area contributed by atoms with Gasteiger partial charge in [-0.1, -0.05) is 18.2 Å². The molecule has 0 bridgehead atoms. The van der Waals surface area contributed by atoms with E-state index in [2.05, 4.69) is 36.1 Å². The van der Waals surface area contributed by atoms with Gasteiger partial charge < -0.3 is 41.4 Å². The lowest BCUT2D eigenvalue weighted by Crippen LogP contribution is -2.27. The summed E-state index contributed by atoms with van der Waals surface area (Å²) < 4.78 is 25.2. The van der Waals surface area contributed by atoms with Crippen molar-refractivity contribution in [3.8, 4) is 5.75 Å². The van der Waals surface area contributed by atoms with Gasteiger partial charge >= 0.3 is 0 Å². The molecule has 0 spiro atoms. The van der Waals surface area contributed by atoms with Crippen molar-refractivity contribution in [2.75, 3.05) is 67.0 Å². The predicted molar refractivity (Wildman–Crippen MR) is 185 cm³/mol. The maximum atomic E-state index is 14.7. The molecule has 6 N–H and O–H groups in total. The summed E-state index contributed by atoms with van der Waals surface area (Å²) >= 11 is 0. The highest BCUT2D eigenvalue weighted by molar-refractivity contribution is 5.94. The molecule has 3 aromatic carbocycles. The smallest absolute Gasteiger partial charge is 0.229 e. The number of nitrogens with one attached hydrogen (secondary N) is 4. The number of benzene rings is 3. The van der Waals surface area contributed by atoms with Gasteiger partial charge in [-0.05, 0) is 86.9 Å². The van der Waals surface area contributed by atoms with Crippen molar-refractivity contribution >= 4 is 52.0 Å². The predicted octanol–water partition coefficient (Wildman–Crippen LogP) is 5.78. The SMILES string of the molecule is COCCOc1ccc(Nc2ncc(F)c(Nc3cccc(NC(=O)C4CCN(CCCCC(=O)Nc5ccccc5N)C4)c3)n2)cc1. The Morgan fingerprint density at radius 3 is 2.58 bits per heavy atom. The average Bonchev–Trinajstić information content (AvgIpc) is 3.56. The maximum absolute atomic E-state index is 14.7. The van der Waals surface area contributed by atoms with E-state index in [1.807, 2.05) is 24.3 Å². The maximum Gasteiger partial charge on any atom is 0.229 e. The molecule has 4 aromatic rings. The Hall–Kier alpha value is -5.27. The number of amides is 2. The van der Waals surface area contributed by atoms with Gasteiger partial charge in [-0.15, -0.1) is 0 Å². The average molecular weight is 657 g/mol. The first-order chi connectivity index (χ1) is 23.4. The molecule has 5 rings (SSSR count). The number of carbonyl (C=O) groups excluding carboxylic acids is 2. The Labute approximate surface area is 279 Å². The summed E-state index contributed by atoms with van der Waals surface area (Å²) in [7, 11) is 1.61. The first-order valence-electron chi connectivity index (χ1n) is 15.9. The summed E-state index contributed by atoms with van der Waals surface area (Å²) in [5, 5.41) is 11.9. The van der Waals surface area contributed by atoms with Crippen LogP contribution in [0, 0.1) is 11.7 Å². The zero-order valence-corrected chi connectivity index (χ0v) is 26.9. The normalized spacial score (nSPS) is 14.3. The topological polar surface area (TPSA) is 156 Å². The number of aromatic nitrogens is 2. The molecule has 1 fully saturated rings. The number of para-hydroxylation sites is 2. The van der Waals surface area contributed by atoms with Crippen LogP contribution in [0.3, 0.4) is 0 Å². The van der Waals surface area contributed by atoms with Crippen LogP contribution < -0.4 is 31.7 Å². The lowest BCUT2D eigenvalue weighted by atomic mass is 10.1. The zero-order chi connectivity index (χ0) is 33.7. The molecular weight excluding hydrogens is 615 g/mol. The third-order valence-corrected chi connectivity index (χ3v) is 7.81. The minimum atomic E-state index is -0.621. The van der Waals surface area contributed by atoms with Gasteiger partial charge in [0, 0.05) is 37.1 Å². The van der Waals surface area contributed by atoms with Crippen LogP contribution in [0.4, 0.5) is 44.6 Å². The van der Waals surface area contributed by atoms with Gasteiger partial charge in [0.15, 0.2) is 11.6 Å². The minimum absolute atomic E-state index is 0.0105. The molecule has 48 heavy (non-hydrogen) atoms. The number of halogens is 1. The Morgan fingerprint density at radius 1 is 0.958 bits per heavy atom. The minimum Gasteiger partial charge on any atom is -0.491 e. The number of unbranched alkanes of at least 4 members (excludes halogenated alkanes) is 1. The fourth-order valence-electron chi connectivity index (χ4n) is 5.27. The monoisotopic (exact) mass is 656 g/mol. The van der Waals surface area contributed by atoms with E-state index >= 15 is 0 Å². The van der Waals surface area contributed by atoms with E-state index < -0.39 is 5.82 Å². The van der Waals surface area contributed by atoms with Gasteiger partial charge in [0.05, 0.1) is 30.1 Å². The zero-order valence-electron chi connectivity index (χ0n) is 26.9. The van der Waals surface area contributed by atoms with Crippen molar-refractivity contribution in [3.05, 3.63) is 84.8 Å². The molecule has 0 saturated carbocycles. The summed E-state index contributed by atoms with van der Waals surface area (Å²) in [5.74, 6) is 0.000716. The summed E-state index contributed by atoms with van der Waals surface area (Å²) in [5.41, 5.74) is 8.92. The van der Waals surface area contributed by atoms with Crippen LogP contribution in [-0.4, -0.2) is 66.6 Å². The number of carbonyl (C=O) groups is 2. The molecule has 1 atom stereocenters. The molecule has 1 unspecified atom stereocenters. The number of ether oxygens (including phenoxy) is 2. The van der Waals surface area contributed by atoms with E-state index in [-0.39, 0.29) is 29.5 Å². The molecule has 2 amide bonds. The van der Waals surface area contributed by atoms with Crippen LogP contribution in [0.2, 0.25) is 0 Å². The quantitative estimate of drug-likeness (QED) is 0.0740. The number of methoxy groups -OCH3 is 1. The number of likely N-dealkylation sites (tertiary alicyclic amines) is 1. The fraction of sp³-hybridized carbons (Fsp3) is 0.314. The number of nitrogens with two attached hydrogens (primary N) is 1. The van der Waals surface area contributed by atoms with Gasteiger partial charge in [-0.3, -0.25) is 9.59 Å². The van der Waals surface area contributed by atoms with E-state index in [0.717, 1.165) is 38.5 Å². The van der Waals surface area contributed by atoms with Crippen LogP contribution in [0.1, 0.15) is 25.7 Å². The van der Waals surface area contributed by atoms with Gasteiger partial charge in [-0.2, -0.15) is 4.98 Å². The number of nitrogens with zero attached hydrogens (tertiary/aromatic N) is 3. The molecule has 12 nitrogen and oxygen atoms in total. The van der Waals surface area contributed by atoms with E-state index in [9.17, 15) is 14.0 Å². The summed E-state index contributed by atoms with van der Waals surface area (Å²) in [6.45, 7) is 3.23. The van der Waals surface area contributed by atoms with Crippen LogP contribution in [0.15, 0.2) is 79.0 Å². The highest BCUT2D eigenvalue weighted by Gasteiger charge is 2.28. The Kier molecular flexibility index (Phi) is 12.1. The van der Waals surface area contributed by atoms with Crippen molar-refractivity contribution in [1.29, 1.82) is 0 Å². The number of nitrogen functional groups attached to an aromatic ring is 1. The molecule has 1 aromatic heterocycles. The standard InChI is InChI=1S/C35H41FN8O4/c1-47-19-20-48-28-14-12-25(13-15-28)41-35-38-22-29(36)33(43-35)39-26-7-6-8-27(21-26)40-34(46)24-16-18-44(23-24)17-5-4-11-32(45)42-31-10-3-2-9-30(31)37/h2-3,6-10,12-15,21-22,24H,4-5,11,16-20,23,37H2,1H3,(H,40,46)(H,42,45)(H2,38,39,41,43). The van der Waals surface area contributed by atoms with Crippen LogP contribution in [0.25, 0.3) is 0 Å².